The Hall–Kier alpha value is -1.30. The number of nitrogens with one attached hydrogen (secondary N) is 3. The standard InChI is InChI=1S/C11H14ClN3O2.ClH/c1-13-6-10(16)15-7-3-4-9(12)8(5-7)11(17)14-2;/h3-5,13H,6H2,1-2H3,(H,14,17)(H,15,16);1H. The average molecular weight is 292 g/mol. The fourth-order valence-electron chi connectivity index (χ4n) is 1.28. The molecule has 0 atom stereocenters. The quantitative estimate of drug-likeness (QED) is 0.783. The third-order valence-corrected chi connectivity index (χ3v) is 2.39. The van der Waals surface area contributed by atoms with E-state index in [9.17, 15) is 9.59 Å². The van der Waals surface area contributed by atoms with Crippen LogP contribution in [0.4, 0.5) is 5.69 Å². The number of hydrogen-bond acceptors (Lipinski definition) is 3. The van der Waals surface area contributed by atoms with E-state index in [0.717, 1.165) is 0 Å². The first-order valence-electron chi connectivity index (χ1n) is 5.04. The molecule has 0 fully saturated rings. The summed E-state index contributed by atoms with van der Waals surface area (Å²) in [5.74, 6) is -0.475. The fourth-order valence-corrected chi connectivity index (χ4v) is 1.48. The molecule has 0 saturated heterocycles. The largest absolute Gasteiger partial charge is 0.355 e. The monoisotopic (exact) mass is 291 g/mol. The van der Waals surface area contributed by atoms with E-state index in [1.165, 1.54) is 13.1 Å². The Bertz CT molecular complexity index is 438. The first-order valence-corrected chi connectivity index (χ1v) is 5.42. The van der Waals surface area contributed by atoms with Crippen LogP contribution < -0.4 is 16.0 Å². The molecule has 2 amide bonds. The second-order valence-electron chi connectivity index (χ2n) is 3.35. The van der Waals surface area contributed by atoms with E-state index in [2.05, 4.69) is 16.0 Å². The Morgan fingerprint density at radius 2 is 1.94 bits per heavy atom. The van der Waals surface area contributed by atoms with Crippen molar-refractivity contribution in [2.75, 3.05) is 26.0 Å². The summed E-state index contributed by atoms with van der Waals surface area (Å²) in [5, 5.41) is 8.20. The number of carbonyl (C=O) groups excluding carboxylic acids is 2. The molecular formula is C11H15Cl2N3O2. The summed E-state index contributed by atoms with van der Waals surface area (Å²) in [5.41, 5.74) is 0.865. The van der Waals surface area contributed by atoms with Crippen molar-refractivity contribution in [1.29, 1.82) is 0 Å². The summed E-state index contributed by atoms with van der Waals surface area (Å²) >= 11 is 5.88. The predicted octanol–water partition coefficient (Wildman–Crippen LogP) is 1.28. The number of halogens is 2. The van der Waals surface area contributed by atoms with Gasteiger partial charge in [0, 0.05) is 12.7 Å². The molecule has 0 unspecified atom stereocenters. The molecule has 0 aromatic heterocycles. The highest BCUT2D eigenvalue weighted by Gasteiger charge is 2.10. The zero-order valence-corrected chi connectivity index (χ0v) is 11.6. The van der Waals surface area contributed by atoms with E-state index in [-0.39, 0.29) is 30.8 Å². The second-order valence-corrected chi connectivity index (χ2v) is 3.76. The van der Waals surface area contributed by atoms with Gasteiger partial charge in [-0.25, -0.2) is 0 Å². The molecule has 5 nitrogen and oxygen atoms in total. The van der Waals surface area contributed by atoms with Gasteiger partial charge in [0.2, 0.25) is 5.91 Å². The van der Waals surface area contributed by atoms with Crippen molar-refractivity contribution in [3.8, 4) is 0 Å². The molecule has 0 heterocycles. The summed E-state index contributed by atoms with van der Waals surface area (Å²) in [4.78, 5) is 22.8. The van der Waals surface area contributed by atoms with E-state index in [4.69, 9.17) is 11.6 Å². The first-order chi connectivity index (χ1) is 8.08. The Labute approximate surface area is 117 Å². The summed E-state index contributed by atoms with van der Waals surface area (Å²) in [6, 6.07) is 4.75. The highest BCUT2D eigenvalue weighted by atomic mass is 35.5. The summed E-state index contributed by atoms with van der Waals surface area (Å²) in [6.45, 7) is 0.206. The summed E-state index contributed by atoms with van der Waals surface area (Å²) in [6.07, 6.45) is 0. The number of rotatable bonds is 4. The van der Waals surface area contributed by atoms with E-state index in [1.54, 1.807) is 19.2 Å². The maximum Gasteiger partial charge on any atom is 0.252 e. The molecule has 0 saturated carbocycles. The molecule has 3 N–H and O–H groups in total. The molecule has 7 heteroatoms. The van der Waals surface area contributed by atoms with Gasteiger partial charge in [-0.3, -0.25) is 9.59 Å². The van der Waals surface area contributed by atoms with Crippen molar-refractivity contribution in [3.63, 3.8) is 0 Å². The van der Waals surface area contributed by atoms with Gasteiger partial charge in [0.1, 0.15) is 0 Å². The minimum atomic E-state index is -0.292. The lowest BCUT2D eigenvalue weighted by Crippen LogP contribution is -2.25. The SMILES string of the molecule is CNCC(=O)Nc1ccc(Cl)c(C(=O)NC)c1.Cl. The molecule has 0 bridgehead atoms. The minimum Gasteiger partial charge on any atom is -0.355 e. The highest BCUT2D eigenvalue weighted by molar-refractivity contribution is 6.34. The van der Waals surface area contributed by atoms with Crippen LogP contribution in [-0.2, 0) is 4.79 Å². The number of carbonyl (C=O) groups is 2. The van der Waals surface area contributed by atoms with Gasteiger partial charge in [0.15, 0.2) is 0 Å². The maximum absolute atomic E-state index is 11.5. The van der Waals surface area contributed by atoms with Crippen LogP contribution in [0.3, 0.4) is 0 Å². The van der Waals surface area contributed by atoms with Crippen molar-refractivity contribution in [3.05, 3.63) is 28.8 Å². The first kappa shape index (κ1) is 16.7. The zero-order chi connectivity index (χ0) is 12.8. The lowest BCUT2D eigenvalue weighted by Gasteiger charge is -2.08. The van der Waals surface area contributed by atoms with Crippen LogP contribution in [0.25, 0.3) is 0 Å². The number of hydrogen-bond donors (Lipinski definition) is 3. The van der Waals surface area contributed by atoms with Crippen LogP contribution in [-0.4, -0.2) is 32.5 Å². The van der Waals surface area contributed by atoms with Gasteiger partial charge in [0.25, 0.3) is 5.91 Å². The Kier molecular flexibility index (Phi) is 7.35. The summed E-state index contributed by atoms with van der Waals surface area (Å²) < 4.78 is 0. The Morgan fingerprint density at radius 3 is 2.50 bits per heavy atom. The van der Waals surface area contributed by atoms with Gasteiger partial charge < -0.3 is 16.0 Å². The van der Waals surface area contributed by atoms with Gasteiger partial charge >= 0.3 is 0 Å². The van der Waals surface area contributed by atoms with Crippen LogP contribution >= 0.6 is 24.0 Å². The molecule has 18 heavy (non-hydrogen) atoms. The third-order valence-electron chi connectivity index (χ3n) is 2.06. The zero-order valence-electron chi connectivity index (χ0n) is 10.0. The van der Waals surface area contributed by atoms with Crippen molar-refractivity contribution in [1.82, 2.24) is 10.6 Å². The predicted molar refractivity (Wildman–Crippen MR) is 74.6 cm³/mol. The number of anilines is 1. The Morgan fingerprint density at radius 1 is 1.28 bits per heavy atom. The van der Waals surface area contributed by atoms with E-state index < -0.39 is 0 Å². The molecule has 1 aromatic rings. The molecular weight excluding hydrogens is 277 g/mol. The lowest BCUT2D eigenvalue weighted by molar-refractivity contribution is -0.115. The Balaban J connectivity index is 0.00000289. The normalized spacial score (nSPS) is 9.28. The fraction of sp³-hybridized carbons (Fsp3) is 0.273. The molecule has 1 aromatic carbocycles. The minimum absolute atomic E-state index is 0. The van der Waals surface area contributed by atoms with Gasteiger partial charge in [-0.05, 0) is 25.2 Å². The van der Waals surface area contributed by atoms with Gasteiger partial charge in [-0.15, -0.1) is 12.4 Å². The lowest BCUT2D eigenvalue weighted by atomic mass is 10.2. The molecule has 0 aliphatic rings. The molecule has 100 valence electrons. The van der Waals surface area contributed by atoms with Crippen molar-refractivity contribution >= 4 is 41.5 Å². The van der Waals surface area contributed by atoms with Gasteiger partial charge in [-0.1, -0.05) is 11.6 Å². The van der Waals surface area contributed by atoms with Crippen molar-refractivity contribution in [2.24, 2.45) is 0 Å². The van der Waals surface area contributed by atoms with Crippen molar-refractivity contribution < 1.29 is 9.59 Å². The van der Waals surface area contributed by atoms with Crippen LogP contribution in [0, 0.1) is 0 Å². The van der Waals surface area contributed by atoms with E-state index in [1.807, 2.05) is 0 Å². The van der Waals surface area contributed by atoms with E-state index >= 15 is 0 Å². The van der Waals surface area contributed by atoms with E-state index in [0.29, 0.717) is 16.3 Å². The summed E-state index contributed by atoms with van der Waals surface area (Å²) in [7, 11) is 3.20. The average Bonchev–Trinajstić information content (AvgIpc) is 2.31. The molecule has 1 rings (SSSR count). The highest BCUT2D eigenvalue weighted by Crippen LogP contribution is 2.20. The maximum atomic E-state index is 11.5. The number of amides is 2. The molecule has 0 spiro atoms. The molecule has 0 aliphatic heterocycles. The second kappa shape index (κ2) is 7.92. The van der Waals surface area contributed by atoms with Crippen molar-refractivity contribution in [2.45, 2.75) is 0 Å². The topological polar surface area (TPSA) is 70.2 Å². The van der Waals surface area contributed by atoms with Crippen LogP contribution in [0.15, 0.2) is 18.2 Å². The number of likely N-dealkylation sites (N-methyl/N-ethyl adjacent to an activating group) is 1. The van der Waals surface area contributed by atoms with Crippen LogP contribution in [0.1, 0.15) is 10.4 Å². The molecule has 0 radical (unpaired) electrons. The smallest absolute Gasteiger partial charge is 0.252 e. The van der Waals surface area contributed by atoms with Crippen LogP contribution in [0.2, 0.25) is 5.02 Å². The molecule has 0 aliphatic carbocycles. The number of benzene rings is 1. The van der Waals surface area contributed by atoms with Crippen LogP contribution in [0.5, 0.6) is 0 Å². The third kappa shape index (κ3) is 4.52. The van der Waals surface area contributed by atoms with Gasteiger partial charge in [-0.2, -0.15) is 0 Å². The van der Waals surface area contributed by atoms with Gasteiger partial charge in [0.05, 0.1) is 17.1 Å².